The minimum Gasteiger partial charge on any atom is -0.346 e. The summed E-state index contributed by atoms with van der Waals surface area (Å²) < 4.78 is 0. The van der Waals surface area contributed by atoms with Crippen molar-refractivity contribution < 1.29 is 0 Å². The van der Waals surface area contributed by atoms with Gasteiger partial charge in [-0.05, 0) is 17.7 Å². The van der Waals surface area contributed by atoms with Gasteiger partial charge in [-0.25, -0.2) is 4.98 Å². The first-order valence-corrected chi connectivity index (χ1v) is 4.83. The molecule has 16 heavy (non-hydrogen) atoms. The van der Waals surface area contributed by atoms with E-state index in [0.717, 1.165) is 16.6 Å². The van der Waals surface area contributed by atoms with Crippen LogP contribution in [0.25, 0.3) is 21.5 Å². The van der Waals surface area contributed by atoms with Crippen LogP contribution < -0.4 is 0 Å². The average molecular weight is 211 g/mol. The highest BCUT2D eigenvalue weighted by Gasteiger charge is 1.98. The number of aromatic amines is 1. The van der Waals surface area contributed by atoms with Crippen molar-refractivity contribution in [3.05, 3.63) is 40.5 Å². The van der Waals surface area contributed by atoms with Crippen molar-refractivity contribution in [2.75, 3.05) is 6.54 Å². The first-order chi connectivity index (χ1) is 7.92. The van der Waals surface area contributed by atoms with Gasteiger partial charge in [-0.1, -0.05) is 17.0 Å². The van der Waals surface area contributed by atoms with Crippen LogP contribution in [0.15, 0.2) is 29.6 Å². The molecule has 0 amide bonds. The lowest BCUT2D eigenvalue weighted by atomic mass is 10.2. The average Bonchev–Trinajstić information content (AvgIpc) is 2.77. The molecule has 5 nitrogen and oxygen atoms in total. The monoisotopic (exact) mass is 211 g/mol. The molecule has 0 saturated heterocycles. The van der Waals surface area contributed by atoms with Gasteiger partial charge in [0.25, 0.3) is 0 Å². The molecule has 0 radical (unpaired) electrons. The van der Waals surface area contributed by atoms with Crippen molar-refractivity contribution in [1.82, 2.24) is 9.97 Å². The van der Waals surface area contributed by atoms with E-state index in [1.54, 1.807) is 6.20 Å². The zero-order valence-corrected chi connectivity index (χ0v) is 8.51. The number of hydrogen-bond acceptors (Lipinski definition) is 2. The Morgan fingerprint density at radius 3 is 3.31 bits per heavy atom. The van der Waals surface area contributed by atoms with Crippen molar-refractivity contribution in [2.45, 2.75) is 6.42 Å². The summed E-state index contributed by atoms with van der Waals surface area (Å²) >= 11 is 0. The Labute approximate surface area is 92.1 Å². The number of hydrogen-bond donors (Lipinski definition) is 1. The van der Waals surface area contributed by atoms with Gasteiger partial charge >= 0.3 is 0 Å². The summed E-state index contributed by atoms with van der Waals surface area (Å²) in [6.45, 7) is 0.408. The molecule has 0 aliphatic rings. The third-order valence-electron chi connectivity index (χ3n) is 2.08. The molecule has 78 valence electrons. The van der Waals surface area contributed by atoms with Crippen LogP contribution in [0, 0.1) is 11.8 Å². The van der Waals surface area contributed by atoms with Gasteiger partial charge in [0.1, 0.15) is 5.65 Å². The van der Waals surface area contributed by atoms with Crippen LogP contribution in [-0.2, 0) is 0 Å². The summed E-state index contributed by atoms with van der Waals surface area (Å²) in [5.41, 5.74) is 9.87. The molecule has 0 aliphatic heterocycles. The molecule has 0 spiro atoms. The van der Waals surface area contributed by atoms with Gasteiger partial charge in [0.05, 0.1) is 0 Å². The Bertz CT molecular complexity index is 595. The molecule has 0 bridgehead atoms. The Kier molecular flexibility index (Phi) is 3.07. The standard InChI is InChI=1S/C11H9N5/c12-16-15-6-2-1-3-9-4-7-13-11-10(9)5-8-14-11/h4-5,7-8H,2,6H2,(H,13,14). The van der Waals surface area contributed by atoms with Crippen molar-refractivity contribution in [1.29, 1.82) is 0 Å². The predicted molar refractivity (Wildman–Crippen MR) is 61.6 cm³/mol. The molecule has 5 heteroatoms. The molecule has 1 N–H and O–H groups in total. The fourth-order valence-electron chi connectivity index (χ4n) is 1.38. The maximum Gasteiger partial charge on any atom is 0.138 e. The van der Waals surface area contributed by atoms with Crippen molar-refractivity contribution in [3.8, 4) is 11.8 Å². The Hall–Kier alpha value is -2.44. The van der Waals surface area contributed by atoms with E-state index in [2.05, 4.69) is 31.8 Å². The van der Waals surface area contributed by atoms with Gasteiger partial charge in [0, 0.05) is 41.2 Å². The van der Waals surface area contributed by atoms with Crippen molar-refractivity contribution in [3.63, 3.8) is 0 Å². The SMILES string of the molecule is [N-]=[N+]=NCCC#Cc1ccnc2[nH]ccc12. The van der Waals surface area contributed by atoms with E-state index in [1.807, 2.05) is 18.3 Å². The third kappa shape index (κ3) is 2.14. The quantitative estimate of drug-likeness (QED) is 0.268. The number of nitrogens with zero attached hydrogens (tertiary/aromatic N) is 4. The van der Waals surface area contributed by atoms with E-state index < -0.39 is 0 Å². The first-order valence-electron chi connectivity index (χ1n) is 4.83. The molecular weight excluding hydrogens is 202 g/mol. The highest BCUT2D eigenvalue weighted by Crippen LogP contribution is 2.13. The number of aromatic nitrogens is 2. The largest absolute Gasteiger partial charge is 0.346 e. The second-order valence-electron chi connectivity index (χ2n) is 3.10. The smallest absolute Gasteiger partial charge is 0.138 e. The zero-order valence-electron chi connectivity index (χ0n) is 8.51. The molecule has 0 saturated carbocycles. The van der Waals surface area contributed by atoms with E-state index in [-0.39, 0.29) is 0 Å². The summed E-state index contributed by atoms with van der Waals surface area (Å²) in [5, 5.41) is 4.43. The van der Waals surface area contributed by atoms with Gasteiger partial charge in [0.2, 0.25) is 0 Å². The molecule has 2 aromatic rings. The molecule has 0 atom stereocenters. The highest BCUT2D eigenvalue weighted by atomic mass is 15.1. The van der Waals surface area contributed by atoms with Gasteiger partial charge < -0.3 is 4.98 Å². The second kappa shape index (κ2) is 4.87. The van der Waals surface area contributed by atoms with Gasteiger partial charge in [-0.15, -0.1) is 0 Å². The molecule has 0 fully saturated rings. The minimum atomic E-state index is 0.408. The number of azide groups is 1. The Morgan fingerprint density at radius 2 is 2.44 bits per heavy atom. The number of pyridine rings is 1. The lowest BCUT2D eigenvalue weighted by Gasteiger charge is -1.92. The van der Waals surface area contributed by atoms with Crippen LogP contribution in [0.1, 0.15) is 12.0 Å². The maximum absolute atomic E-state index is 8.09. The lowest BCUT2D eigenvalue weighted by Crippen LogP contribution is -1.80. The van der Waals surface area contributed by atoms with Crippen molar-refractivity contribution >= 4 is 11.0 Å². The van der Waals surface area contributed by atoms with Crippen LogP contribution in [-0.4, -0.2) is 16.5 Å². The van der Waals surface area contributed by atoms with Crippen LogP contribution >= 0.6 is 0 Å². The second-order valence-corrected chi connectivity index (χ2v) is 3.10. The normalized spacial score (nSPS) is 9.25. The summed E-state index contributed by atoms with van der Waals surface area (Å²) in [7, 11) is 0. The third-order valence-corrected chi connectivity index (χ3v) is 2.08. The summed E-state index contributed by atoms with van der Waals surface area (Å²) in [5.74, 6) is 6.00. The number of H-pyrrole nitrogens is 1. The first kappa shape index (κ1) is 10.1. The van der Waals surface area contributed by atoms with E-state index in [1.165, 1.54) is 0 Å². The molecule has 2 rings (SSSR count). The number of fused-ring (bicyclic) bond motifs is 1. The van der Waals surface area contributed by atoms with E-state index in [0.29, 0.717) is 13.0 Å². The summed E-state index contributed by atoms with van der Waals surface area (Å²) in [6.07, 6.45) is 4.12. The van der Waals surface area contributed by atoms with Crippen LogP contribution in [0.5, 0.6) is 0 Å². The van der Waals surface area contributed by atoms with Crippen LogP contribution in [0.4, 0.5) is 0 Å². The molecular formula is C11H9N5. The van der Waals surface area contributed by atoms with Crippen LogP contribution in [0.3, 0.4) is 0 Å². The molecule has 2 heterocycles. The molecule has 0 aliphatic carbocycles. The molecule has 0 aromatic carbocycles. The predicted octanol–water partition coefficient (Wildman–Crippen LogP) is 2.61. The summed E-state index contributed by atoms with van der Waals surface area (Å²) in [6, 6.07) is 3.82. The lowest BCUT2D eigenvalue weighted by molar-refractivity contribution is 1.01. The number of rotatable bonds is 2. The fourth-order valence-corrected chi connectivity index (χ4v) is 1.38. The van der Waals surface area contributed by atoms with Gasteiger partial charge in [0.15, 0.2) is 0 Å². The Morgan fingerprint density at radius 1 is 1.50 bits per heavy atom. The maximum atomic E-state index is 8.09. The molecule has 0 unspecified atom stereocenters. The van der Waals surface area contributed by atoms with E-state index in [4.69, 9.17) is 5.53 Å². The van der Waals surface area contributed by atoms with E-state index in [9.17, 15) is 0 Å². The van der Waals surface area contributed by atoms with E-state index >= 15 is 0 Å². The van der Waals surface area contributed by atoms with Gasteiger partial charge in [-0.2, -0.15) is 0 Å². The fraction of sp³-hybridized carbons (Fsp3) is 0.182. The highest BCUT2D eigenvalue weighted by molar-refractivity contribution is 5.82. The summed E-state index contributed by atoms with van der Waals surface area (Å²) in [4.78, 5) is 9.86. The van der Waals surface area contributed by atoms with Crippen LogP contribution in [0.2, 0.25) is 0 Å². The number of nitrogens with one attached hydrogen (secondary N) is 1. The topological polar surface area (TPSA) is 77.4 Å². The Balaban J connectivity index is 2.20. The van der Waals surface area contributed by atoms with Crippen molar-refractivity contribution in [2.24, 2.45) is 5.11 Å². The zero-order chi connectivity index (χ0) is 11.2. The van der Waals surface area contributed by atoms with Gasteiger partial charge in [-0.3, -0.25) is 0 Å². The molecule has 2 aromatic heterocycles. The minimum absolute atomic E-state index is 0.408.